The fraction of sp³-hybridized carbons (Fsp3) is 0.812. The predicted octanol–water partition coefficient (Wildman–Crippen LogP) is 3.76. The zero-order valence-electron chi connectivity index (χ0n) is 13.7. The lowest BCUT2D eigenvalue weighted by atomic mass is 10.1. The maximum Gasteiger partial charge on any atom is 0.516 e. The molecule has 0 rings (SSSR count). The second-order valence-electron chi connectivity index (χ2n) is 5.06. The van der Waals surface area contributed by atoms with E-state index in [0.29, 0.717) is 6.42 Å². The second kappa shape index (κ2) is 14.4. The number of ether oxygens (including phenoxy) is 3. The maximum absolute atomic E-state index is 11.3. The summed E-state index contributed by atoms with van der Waals surface area (Å²) in [7, 11) is 1.41. The van der Waals surface area contributed by atoms with E-state index in [1.54, 1.807) is 6.92 Å². The third-order valence-corrected chi connectivity index (χ3v) is 3.20. The van der Waals surface area contributed by atoms with Crippen molar-refractivity contribution in [2.24, 2.45) is 0 Å². The average Bonchev–Trinajstić information content (AvgIpc) is 2.48. The van der Waals surface area contributed by atoms with Gasteiger partial charge in [0.2, 0.25) is 0 Å². The number of esters is 2. The summed E-state index contributed by atoms with van der Waals surface area (Å²) in [5, 5.41) is 0. The van der Waals surface area contributed by atoms with Crippen molar-refractivity contribution >= 4 is 18.1 Å². The van der Waals surface area contributed by atoms with Crippen molar-refractivity contribution in [1.29, 1.82) is 0 Å². The monoisotopic (exact) mass is 316 g/mol. The molecule has 6 nitrogen and oxygen atoms in total. The molecule has 6 heteroatoms. The molecule has 0 heterocycles. The van der Waals surface area contributed by atoms with Crippen molar-refractivity contribution in [1.82, 2.24) is 0 Å². The van der Waals surface area contributed by atoms with Crippen molar-refractivity contribution in [3.63, 3.8) is 0 Å². The topological polar surface area (TPSA) is 78.9 Å². The quantitative estimate of drug-likeness (QED) is 0.310. The number of hydrogen-bond donors (Lipinski definition) is 0. The minimum absolute atomic E-state index is 0.144. The van der Waals surface area contributed by atoms with Crippen LogP contribution in [-0.4, -0.2) is 31.8 Å². The van der Waals surface area contributed by atoms with E-state index in [1.807, 2.05) is 0 Å². The van der Waals surface area contributed by atoms with Crippen molar-refractivity contribution in [2.75, 3.05) is 13.7 Å². The van der Waals surface area contributed by atoms with Gasteiger partial charge in [-0.05, 0) is 19.8 Å². The van der Waals surface area contributed by atoms with Crippen LogP contribution < -0.4 is 0 Å². The zero-order valence-corrected chi connectivity index (χ0v) is 13.7. The van der Waals surface area contributed by atoms with Gasteiger partial charge in [-0.1, -0.05) is 38.5 Å². The van der Waals surface area contributed by atoms with Crippen LogP contribution in [0.3, 0.4) is 0 Å². The Morgan fingerprint density at radius 2 is 1.18 bits per heavy atom. The first-order valence-corrected chi connectivity index (χ1v) is 8.04. The fourth-order valence-corrected chi connectivity index (χ4v) is 1.99. The summed E-state index contributed by atoms with van der Waals surface area (Å²) < 4.78 is 13.5. The van der Waals surface area contributed by atoms with E-state index in [2.05, 4.69) is 14.2 Å². The van der Waals surface area contributed by atoms with Gasteiger partial charge >= 0.3 is 18.1 Å². The summed E-state index contributed by atoms with van der Waals surface area (Å²) in [6, 6.07) is 0. The molecule has 0 radical (unpaired) electrons. The van der Waals surface area contributed by atoms with Gasteiger partial charge < -0.3 is 14.2 Å². The van der Waals surface area contributed by atoms with E-state index in [1.165, 1.54) is 7.11 Å². The summed E-state index contributed by atoms with van der Waals surface area (Å²) in [5.41, 5.74) is 0. The molecule has 0 spiro atoms. The standard InChI is InChI=1S/C16H28O6/c1-3-21-16(19)22-15(18)13-11-9-7-5-4-6-8-10-12-14(17)20-2/h3-13H2,1-2H3. The molecule has 0 aromatic heterocycles. The van der Waals surface area contributed by atoms with E-state index in [4.69, 9.17) is 0 Å². The zero-order chi connectivity index (χ0) is 16.6. The highest BCUT2D eigenvalue weighted by Gasteiger charge is 2.10. The molecule has 0 bridgehead atoms. The van der Waals surface area contributed by atoms with Gasteiger partial charge in [0, 0.05) is 12.8 Å². The number of hydrogen-bond acceptors (Lipinski definition) is 6. The SMILES string of the molecule is CCOC(=O)OC(=O)CCCCCCCCCCC(=O)OC. The molecule has 0 unspecified atom stereocenters. The number of methoxy groups -OCH3 is 1. The van der Waals surface area contributed by atoms with Gasteiger partial charge in [-0.25, -0.2) is 4.79 Å². The minimum Gasteiger partial charge on any atom is -0.469 e. The summed E-state index contributed by atoms with van der Waals surface area (Å²) in [5.74, 6) is -0.670. The Balaban J connectivity index is 3.28. The van der Waals surface area contributed by atoms with Crippen molar-refractivity contribution in [3.05, 3.63) is 0 Å². The molecule has 0 saturated carbocycles. The average molecular weight is 316 g/mol. The van der Waals surface area contributed by atoms with Crippen LogP contribution in [-0.2, 0) is 23.8 Å². The normalized spacial score (nSPS) is 10.1. The third-order valence-electron chi connectivity index (χ3n) is 3.20. The molecular weight excluding hydrogens is 288 g/mol. The number of carbonyl (C=O) groups is 3. The molecule has 0 aliphatic carbocycles. The van der Waals surface area contributed by atoms with Crippen LogP contribution in [0.25, 0.3) is 0 Å². The lowest BCUT2D eigenvalue weighted by Crippen LogP contribution is -2.13. The van der Waals surface area contributed by atoms with E-state index in [-0.39, 0.29) is 19.0 Å². The van der Waals surface area contributed by atoms with Crippen molar-refractivity contribution in [3.8, 4) is 0 Å². The first-order valence-electron chi connectivity index (χ1n) is 8.04. The Kier molecular flexibility index (Phi) is 13.3. The molecule has 0 aliphatic rings. The largest absolute Gasteiger partial charge is 0.516 e. The van der Waals surface area contributed by atoms with E-state index in [0.717, 1.165) is 51.4 Å². The first kappa shape index (κ1) is 20.4. The van der Waals surface area contributed by atoms with Gasteiger partial charge in [0.1, 0.15) is 0 Å². The summed E-state index contributed by atoms with van der Waals surface area (Å²) >= 11 is 0. The maximum atomic E-state index is 11.3. The number of carbonyl (C=O) groups excluding carboxylic acids is 3. The minimum atomic E-state index is -0.917. The number of unbranched alkanes of at least 4 members (excludes halogenated alkanes) is 7. The van der Waals surface area contributed by atoms with Crippen LogP contribution in [0.15, 0.2) is 0 Å². The fourth-order valence-electron chi connectivity index (χ4n) is 1.99. The van der Waals surface area contributed by atoms with Crippen molar-refractivity contribution in [2.45, 2.75) is 71.1 Å². The van der Waals surface area contributed by atoms with Crippen LogP contribution in [0.5, 0.6) is 0 Å². The van der Waals surface area contributed by atoms with Crippen LogP contribution in [0.1, 0.15) is 71.1 Å². The highest BCUT2D eigenvalue weighted by Crippen LogP contribution is 2.11. The Morgan fingerprint density at radius 1 is 0.727 bits per heavy atom. The highest BCUT2D eigenvalue weighted by molar-refractivity contribution is 5.81. The van der Waals surface area contributed by atoms with Gasteiger partial charge in [-0.3, -0.25) is 9.59 Å². The van der Waals surface area contributed by atoms with Gasteiger partial charge in [-0.2, -0.15) is 0 Å². The molecule has 0 amide bonds. The Hall–Kier alpha value is -1.59. The summed E-state index contributed by atoms with van der Waals surface area (Å²) in [6.45, 7) is 1.85. The Bertz CT molecular complexity index is 327. The lowest BCUT2D eigenvalue weighted by molar-refractivity contribution is -0.141. The highest BCUT2D eigenvalue weighted by atomic mass is 16.7. The van der Waals surface area contributed by atoms with Crippen molar-refractivity contribution < 1.29 is 28.6 Å². The summed E-state index contributed by atoms with van der Waals surface area (Å²) in [4.78, 5) is 33.0. The Labute approximate surface area is 132 Å². The molecule has 0 N–H and O–H groups in total. The van der Waals surface area contributed by atoms with Crippen LogP contribution >= 0.6 is 0 Å². The smallest absolute Gasteiger partial charge is 0.469 e. The van der Waals surface area contributed by atoms with E-state index >= 15 is 0 Å². The van der Waals surface area contributed by atoms with Gasteiger partial charge in [0.05, 0.1) is 13.7 Å². The van der Waals surface area contributed by atoms with E-state index in [9.17, 15) is 14.4 Å². The molecule has 0 aromatic carbocycles. The molecule has 0 aliphatic heterocycles. The molecule has 0 atom stereocenters. The third kappa shape index (κ3) is 13.4. The molecule has 128 valence electrons. The van der Waals surface area contributed by atoms with Crippen LogP contribution in [0.2, 0.25) is 0 Å². The van der Waals surface area contributed by atoms with Gasteiger partial charge in [0.15, 0.2) is 0 Å². The number of rotatable bonds is 12. The molecular formula is C16H28O6. The van der Waals surface area contributed by atoms with Crippen LogP contribution in [0, 0.1) is 0 Å². The van der Waals surface area contributed by atoms with Gasteiger partial charge in [-0.15, -0.1) is 0 Å². The van der Waals surface area contributed by atoms with E-state index < -0.39 is 12.1 Å². The van der Waals surface area contributed by atoms with Crippen LogP contribution in [0.4, 0.5) is 4.79 Å². The first-order chi connectivity index (χ1) is 10.6. The Morgan fingerprint density at radius 3 is 1.64 bits per heavy atom. The second-order valence-corrected chi connectivity index (χ2v) is 5.06. The van der Waals surface area contributed by atoms with Gasteiger partial charge in [0.25, 0.3) is 0 Å². The summed E-state index contributed by atoms with van der Waals surface area (Å²) in [6.07, 6.45) is 7.84. The molecule has 22 heavy (non-hydrogen) atoms. The molecule has 0 fully saturated rings. The predicted molar refractivity (Wildman–Crippen MR) is 81.3 cm³/mol. The molecule has 0 aromatic rings. The lowest BCUT2D eigenvalue weighted by Gasteiger charge is -2.03. The molecule has 0 saturated heterocycles.